The second-order valence-corrected chi connectivity index (χ2v) is 39.8. The molecule has 4 aliphatic heterocycles. The summed E-state index contributed by atoms with van der Waals surface area (Å²) >= 11 is 0. The van der Waals surface area contributed by atoms with Crippen LogP contribution >= 0.6 is 0 Å². The van der Waals surface area contributed by atoms with E-state index in [0.717, 1.165) is 166 Å². The molecule has 0 spiro atoms. The van der Waals surface area contributed by atoms with Crippen LogP contribution in [0.2, 0.25) is 0 Å². The van der Waals surface area contributed by atoms with Gasteiger partial charge in [0.05, 0.1) is 17.6 Å². The number of ketones is 3. The number of likely N-dealkylation sites (tertiary alicyclic amines) is 1. The second kappa shape index (κ2) is 55.9. The topological polar surface area (TPSA) is 142 Å². The molecule has 13 heteroatoms. The number of nitrogens with zero attached hydrogens (tertiary/aromatic N) is 4. The Morgan fingerprint density at radius 2 is 0.562 bits per heavy atom. The van der Waals surface area contributed by atoms with Crippen molar-refractivity contribution in [2.75, 3.05) is 69.3 Å². The number of esters is 1. The van der Waals surface area contributed by atoms with Crippen LogP contribution in [0.3, 0.4) is 0 Å². The minimum atomic E-state index is -3.44. The van der Waals surface area contributed by atoms with Gasteiger partial charge in [-0.2, -0.15) is 4.31 Å². The highest BCUT2D eigenvalue weighted by Crippen LogP contribution is 2.37. The molecule has 0 radical (unpaired) electrons. The fraction of sp³-hybridized carbons (Fsp3) is 0.286. The van der Waals surface area contributed by atoms with Gasteiger partial charge in [0.2, 0.25) is 10.0 Å². The zero-order valence-corrected chi connectivity index (χ0v) is 87.9. The molecule has 12 nitrogen and oxygen atoms in total. The summed E-state index contributed by atoms with van der Waals surface area (Å²) in [6.07, 6.45) is 32.1. The van der Waals surface area contributed by atoms with Crippen LogP contribution in [-0.2, 0) is 59.7 Å². The van der Waals surface area contributed by atoms with E-state index >= 15 is 0 Å². The molecule has 0 unspecified atom stereocenters. The lowest BCUT2D eigenvalue weighted by Gasteiger charge is -2.34. The van der Waals surface area contributed by atoms with Gasteiger partial charge in [0.15, 0.2) is 17.3 Å². The van der Waals surface area contributed by atoms with Crippen LogP contribution in [0.1, 0.15) is 274 Å². The molecule has 146 heavy (non-hydrogen) atoms. The van der Waals surface area contributed by atoms with E-state index in [4.69, 9.17) is 24.0 Å². The van der Waals surface area contributed by atoms with Gasteiger partial charge < -0.3 is 19.4 Å². The summed E-state index contributed by atoms with van der Waals surface area (Å²) in [4.78, 5) is 65.3. The van der Waals surface area contributed by atoms with E-state index in [1.54, 1.807) is 55.4 Å². The summed E-state index contributed by atoms with van der Waals surface area (Å²) in [6.45, 7) is 27.1. The Morgan fingerprint density at radius 1 is 0.288 bits per heavy atom. The van der Waals surface area contributed by atoms with E-state index in [-0.39, 0.29) is 29.2 Å². The number of sulfonamides is 1. The van der Waals surface area contributed by atoms with Crippen molar-refractivity contribution in [3.8, 4) is 70.4 Å². The van der Waals surface area contributed by atoms with Gasteiger partial charge in [0.25, 0.3) is 5.91 Å². The number of carbonyl (C=O) groups is 5. The summed E-state index contributed by atoms with van der Waals surface area (Å²) in [5, 5.41) is 0. The molecule has 14 aromatic carbocycles. The highest BCUT2D eigenvalue weighted by atomic mass is 32.2. The summed E-state index contributed by atoms with van der Waals surface area (Å²) in [7, 11) is -2.04. The number of carbonyl (C=O) groups excluding carboxylic acids is 5. The van der Waals surface area contributed by atoms with Crippen molar-refractivity contribution < 1.29 is 37.1 Å². The summed E-state index contributed by atoms with van der Waals surface area (Å²) < 4.78 is 31.9. The molecule has 0 saturated carbocycles. The van der Waals surface area contributed by atoms with E-state index < -0.39 is 10.0 Å². The number of terminal acetylenes is 3. The monoisotopic (exact) mass is 1960 g/mol. The normalized spacial score (nSPS) is 13.7. The molecular formula is C133H142N4O8S. The molecule has 1 amide bonds. The number of piperidine rings is 4. The zero-order chi connectivity index (χ0) is 104. The number of aryl methyl sites for hydroxylation is 7. The number of Topliss-reactive ketones (excluding diaryl/α,β-unsaturated/α-hetero) is 3. The first kappa shape index (κ1) is 110. The van der Waals surface area contributed by atoms with E-state index in [2.05, 4.69) is 276 Å². The summed E-state index contributed by atoms with van der Waals surface area (Å²) in [6, 6.07) is 115. The van der Waals surface area contributed by atoms with E-state index in [1.165, 1.54) is 116 Å². The Kier molecular flexibility index (Phi) is 42.1. The van der Waals surface area contributed by atoms with Crippen LogP contribution in [0.15, 0.2) is 345 Å². The molecule has 4 saturated heterocycles. The van der Waals surface area contributed by atoms with Crippen LogP contribution in [0, 0.1) is 37.0 Å². The summed E-state index contributed by atoms with van der Waals surface area (Å²) in [5.74, 6) is 10.3. The third-order valence-electron chi connectivity index (χ3n) is 28.6. The third-order valence-corrected chi connectivity index (χ3v) is 30.5. The Labute approximate surface area is 870 Å². The quantitative estimate of drug-likeness (QED) is 0.0345. The zero-order valence-electron chi connectivity index (χ0n) is 87.1. The van der Waals surface area contributed by atoms with Gasteiger partial charge in [0.1, 0.15) is 0 Å². The first-order valence-corrected chi connectivity index (χ1v) is 53.5. The van der Waals surface area contributed by atoms with Crippen molar-refractivity contribution in [3.05, 3.63) is 445 Å². The van der Waals surface area contributed by atoms with Crippen LogP contribution in [0.4, 0.5) is 11.4 Å². The molecule has 0 aliphatic carbocycles. The average molecular weight is 1960 g/mol. The molecular weight excluding hydrogens is 1810 g/mol. The first-order valence-electron chi connectivity index (χ1n) is 52.0. The fourth-order valence-corrected chi connectivity index (χ4v) is 20.4. The SMILES string of the molecule is C#Cc1ccc(C(=O)N2CCC(c3ccc(CC)cc3)CC2)cc1.C#Cc1ccc(S(=O)(=O)N2CCC(c3ccc(CC)cc3)CC2)cc1.C#Cc1cccc(-c2ccc(CC)cc2)c1.CCc1ccc(-c2cccc(C(=O)OC)c2)cc1.CCc1ccc(-c2cccc(C(C)=O)c2)cc1.CCc1ccc(C2CCN(c3ccc(C(C)=O)cc3)CC2)cc1.CCc1ccc(C2CCN(c3ccc(C(C)=O)cc3)CC2)cc1. The van der Waals surface area contributed by atoms with Crippen molar-refractivity contribution >= 4 is 50.6 Å². The Balaban J connectivity index is 0.000000152. The Hall–Kier alpha value is -14.8. The molecule has 4 heterocycles. The predicted molar refractivity (Wildman–Crippen MR) is 605 cm³/mol. The molecule has 0 N–H and O–H groups in total. The second-order valence-electron chi connectivity index (χ2n) is 37.8. The number of benzene rings is 14. The van der Waals surface area contributed by atoms with E-state index in [9.17, 15) is 32.4 Å². The molecule has 0 aromatic heterocycles. The van der Waals surface area contributed by atoms with Gasteiger partial charge in [-0.1, -0.05) is 279 Å². The molecule has 4 fully saturated rings. The van der Waals surface area contributed by atoms with Crippen LogP contribution < -0.4 is 9.80 Å². The van der Waals surface area contributed by atoms with Crippen molar-refractivity contribution in [1.82, 2.24) is 9.21 Å². The molecule has 0 atom stereocenters. The van der Waals surface area contributed by atoms with E-state index in [1.807, 2.05) is 114 Å². The first-order chi connectivity index (χ1) is 70.9. The lowest BCUT2D eigenvalue weighted by atomic mass is 9.88. The highest BCUT2D eigenvalue weighted by Gasteiger charge is 2.31. The molecule has 0 bridgehead atoms. The number of methoxy groups -OCH3 is 1. The van der Waals surface area contributed by atoms with Crippen molar-refractivity contribution in [2.24, 2.45) is 0 Å². The predicted octanol–water partition coefficient (Wildman–Crippen LogP) is 29.4. The Bertz CT molecular complexity index is 6670. The van der Waals surface area contributed by atoms with Crippen LogP contribution in [0.25, 0.3) is 33.4 Å². The van der Waals surface area contributed by atoms with Crippen molar-refractivity contribution in [1.29, 1.82) is 0 Å². The van der Waals surface area contributed by atoms with Gasteiger partial charge in [-0.25, -0.2) is 13.2 Å². The number of ether oxygens (including phenoxy) is 1. The lowest BCUT2D eigenvalue weighted by Crippen LogP contribution is -2.37. The average Bonchev–Trinajstić information content (AvgIpc) is 0.787. The van der Waals surface area contributed by atoms with Crippen molar-refractivity contribution in [3.63, 3.8) is 0 Å². The van der Waals surface area contributed by atoms with Gasteiger partial charge >= 0.3 is 5.97 Å². The molecule has 14 aromatic rings. The minimum Gasteiger partial charge on any atom is -0.465 e. The maximum atomic E-state index is 12.8. The number of anilines is 2. The number of hydrogen-bond donors (Lipinski definition) is 0. The standard InChI is InChI=1S/C22H23NO.C21H23NO2S.2C21H25NO.C16H16O2.C16H16O.C16H14/c1-3-17-5-9-19(10-6-17)20-13-15-23(16-14-20)22(24)21-11-7-18(4-2)8-12-21;1-3-17-5-9-19(10-6-17)20-13-15-22(16-14-20)25(23,24)21-11-7-18(4-2)8-12-21;2*1-3-17-4-6-19(7-5-17)20-12-14-22(15-13-20)21-10-8-18(9-11-21)16(2)23;1-3-12-7-9-13(10-8-12)14-5-4-6-15(11-14)16(17)18-2;1-3-13-7-9-14(10-8-13)16-6-4-5-15(11-16)12(2)17;1-3-13-8-10-15(11-9-13)16-7-5-6-14(4-2)12-16/h2,5-12,20H,3,13-16H2,1H3;2,5-12,20H,3,13-16H2,1H3;2*4-11,20H,3,12-15H2,1-2H3;4-11H,3H2,1-2H3;4-11H,3H2,1-2H3;2,5-12H,3H2,1H3. The third kappa shape index (κ3) is 31.6. The molecule has 18 rings (SSSR count). The van der Waals surface area contributed by atoms with Crippen molar-refractivity contribution in [2.45, 2.75) is 194 Å². The van der Waals surface area contributed by atoms with Gasteiger partial charge in [0, 0.05) is 103 Å². The van der Waals surface area contributed by atoms with Crippen LogP contribution in [0.5, 0.6) is 0 Å². The fourth-order valence-electron chi connectivity index (χ4n) is 18.9. The number of amides is 1. The molecule has 748 valence electrons. The Morgan fingerprint density at radius 3 is 0.870 bits per heavy atom. The van der Waals surface area contributed by atoms with Crippen LogP contribution in [-0.4, -0.2) is 106 Å². The minimum absolute atomic E-state index is 0.108. The highest BCUT2D eigenvalue weighted by molar-refractivity contribution is 7.89. The smallest absolute Gasteiger partial charge is 0.337 e. The summed E-state index contributed by atoms with van der Waals surface area (Å²) in [5.41, 5.74) is 30.5. The van der Waals surface area contributed by atoms with Gasteiger partial charge in [-0.15, -0.1) is 19.3 Å². The maximum Gasteiger partial charge on any atom is 0.337 e. The number of rotatable bonds is 23. The maximum absolute atomic E-state index is 12.8. The van der Waals surface area contributed by atoms with Gasteiger partial charge in [-0.05, 0) is 363 Å². The van der Waals surface area contributed by atoms with Gasteiger partial charge in [-0.3, -0.25) is 19.2 Å². The van der Waals surface area contributed by atoms with E-state index in [0.29, 0.717) is 52.8 Å². The molecule has 4 aliphatic rings. The number of hydrogen-bond acceptors (Lipinski definition) is 10. The lowest BCUT2D eigenvalue weighted by molar-refractivity contribution is 0.0599. The largest absolute Gasteiger partial charge is 0.465 e.